The lowest BCUT2D eigenvalue weighted by atomic mass is 10.2. The van der Waals surface area contributed by atoms with Crippen LogP contribution in [-0.4, -0.2) is 22.2 Å². The third-order valence-corrected chi connectivity index (χ3v) is 1.59. The Kier molecular flexibility index (Phi) is 6.83. The van der Waals surface area contributed by atoms with Crippen molar-refractivity contribution in [3.05, 3.63) is 47.0 Å². The highest BCUT2D eigenvalue weighted by Gasteiger charge is 1.88. The topological polar surface area (TPSA) is 98.4 Å². The molecule has 0 aliphatic heterocycles. The standard InChI is InChI=1S/C7H4ClN.C4H4O4/c8-7-3-1-6(5-9)2-4-7;5-3(6)1-2-4(7)8/h1-4H;1-2H,(H,5,6)(H,7,8)/b;2-1+. The lowest BCUT2D eigenvalue weighted by Crippen LogP contribution is -1.91. The van der Waals surface area contributed by atoms with E-state index in [1.165, 1.54) is 0 Å². The number of hydrogen-bond donors (Lipinski definition) is 2. The minimum absolute atomic E-state index is 0.558. The van der Waals surface area contributed by atoms with E-state index in [9.17, 15) is 9.59 Å². The molecule has 6 heteroatoms. The second-order valence-electron chi connectivity index (χ2n) is 2.63. The Morgan fingerprint density at radius 1 is 1.12 bits per heavy atom. The Morgan fingerprint density at radius 2 is 1.53 bits per heavy atom. The SMILES string of the molecule is N#Cc1ccc(Cl)cc1.O=C(O)/C=C/C(=O)O. The summed E-state index contributed by atoms with van der Waals surface area (Å²) in [4.78, 5) is 19.1. The van der Waals surface area contributed by atoms with Crippen LogP contribution in [0, 0.1) is 11.3 Å². The number of carbonyl (C=O) groups is 2. The molecule has 0 heterocycles. The number of carboxylic acid groups (broad SMARTS) is 2. The van der Waals surface area contributed by atoms with E-state index >= 15 is 0 Å². The molecular formula is C11H8ClNO4. The second-order valence-corrected chi connectivity index (χ2v) is 3.06. The lowest BCUT2D eigenvalue weighted by Gasteiger charge is -1.86. The van der Waals surface area contributed by atoms with Crippen LogP contribution in [0.5, 0.6) is 0 Å². The number of hydrogen-bond acceptors (Lipinski definition) is 3. The molecular weight excluding hydrogens is 246 g/mol. The Bertz CT molecular complexity index is 443. The van der Waals surface area contributed by atoms with Gasteiger partial charge in [-0.15, -0.1) is 0 Å². The van der Waals surface area contributed by atoms with Gasteiger partial charge in [0, 0.05) is 17.2 Å². The van der Waals surface area contributed by atoms with Crippen molar-refractivity contribution < 1.29 is 19.8 Å². The van der Waals surface area contributed by atoms with Crippen LogP contribution in [0.3, 0.4) is 0 Å². The Balaban J connectivity index is 0.000000304. The summed E-state index contributed by atoms with van der Waals surface area (Å²) in [7, 11) is 0. The molecule has 1 rings (SSSR count). The minimum atomic E-state index is -1.26. The fourth-order valence-corrected chi connectivity index (χ4v) is 0.793. The molecule has 5 nitrogen and oxygen atoms in total. The van der Waals surface area contributed by atoms with Crippen molar-refractivity contribution in [1.29, 1.82) is 5.26 Å². The normalized spacial score (nSPS) is 8.94. The Morgan fingerprint density at radius 3 is 1.82 bits per heavy atom. The Labute approximate surface area is 102 Å². The van der Waals surface area contributed by atoms with Crippen molar-refractivity contribution in [3.63, 3.8) is 0 Å². The molecule has 0 atom stereocenters. The van der Waals surface area contributed by atoms with Gasteiger partial charge in [-0.05, 0) is 24.3 Å². The van der Waals surface area contributed by atoms with Crippen molar-refractivity contribution in [2.24, 2.45) is 0 Å². The molecule has 0 saturated carbocycles. The van der Waals surface area contributed by atoms with Crippen LogP contribution in [0.25, 0.3) is 0 Å². The molecule has 0 aliphatic rings. The molecule has 2 N–H and O–H groups in total. The largest absolute Gasteiger partial charge is 0.478 e. The van der Waals surface area contributed by atoms with Gasteiger partial charge < -0.3 is 10.2 Å². The van der Waals surface area contributed by atoms with Gasteiger partial charge in [0.2, 0.25) is 0 Å². The maximum atomic E-state index is 9.55. The van der Waals surface area contributed by atoms with Crippen LogP contribution in [0.1, 0.15) is 5.56 Å². The number of aliphatic carboxylic acids is 2. The van der Waals surface area contributed by atoms with Crippen molar-refractivity contribution in [2.45, 2.75) is 0 Å². The van der Waals surface area contributed by atoms with E-state index in [4.69, 9.17) is 27.1 Å². The maximum absolute atomic E-state index is 9.55. The monoisotopic (exact) mass is 253 g/mol. The highest BCUT2D eigenvalue weighted by Crippen LogP contribution is 2.07. The molecule has 0 aromatic heterocycles. The van der Waals surface area contributed by atoms with E-state index in [-0.39, 0.29) is 0 Å². The fourth-order valence-electron chi connectivity index (χ4n) is 0.667. The third-order valence-electron chi connectivity index (χ3n) is 1.34. The molecule has 0 aliphatic carbocycles. The molecule has 0 unspecified atom stereocenters. The highest BCUT2D eigenvalue weighted by atomic mass is 35.5. The van der Waals surface area contributed by atoms with Gasteiger partial charge in [-0.1, -0.05) is 11.6 Å². The average Bonchev–Trinajstić information content (AvgIpc) is 2.28. The number of nitriles is 1. The summed E-state index contributed by atoms with van der Waals surface area (Å²) in [5, 5.41) is 24.6. The summed E-state index contributed by atoms with van der Waals surface area (Å²) in [5.41, 5.74) is 0.638. The van der Waals surface area contributed by atoms with Gasteiger partial charge in [0.25, 0.3) is 0 Å². The fraction of sp³-hybridized carbons (Fsp3) is 0. The number of halogens is 1. The quantitative estimate of drug-likeness (QED) is 0.785. The second kappa shape index (κ2) is 7.91. The van der Waals surface area contributed by atoms with E-state index in [1.54, 1.807) is 24.3 Å². The van der Waals surface area contributed by atoms with Gasteiger partial charge in [0.15, 0.2) is 0 Å². The number of carboxylic acids is 2. The van der Waals surface area contributed by atoms with Gasteiger partial charge in [-0.2, -0.15) is 5.26 Å². The molecule has 88 valence electrons. The molecule has 1 aromatic rings. The minimum Gasteiger partial charge on any atom is -0.478 e. The molecule has 1 aromatic carbocycles. The molecule has 0 bridgehead atoms. The van der Waals surface area contributed by atoms with Crippen LogP contribution in [0.4, 0.5) is 0 Å². The predicted molar refractivity (Wildman–Crippen MR) is 60.6 cm³/mol. The maximum Gasteiger partial charge on any atom is 0.328 e. The predicted octanol–water partition coefficient (Wildman–Crippen LogP) is 1.92. The van der Waals surface area contributed by atoms with E-state index in [0.717, 1.165) is 0 Å². The van der Waals surface area contributed by atoms with Gasteiger partial charge in [0.1, 0.15) is 0 Å². The zero-order valence-corrected chi connectivity index (χ0v) is 9.26. The lowest BCUT2D eigenvalue weighted by molar-refractivity contribution is -0.134. The van der Waals surface area contributed by atoms with Crippen LogP contribution in [0.15, 0.2) is 36.4 Å². The third kappa shape index (κ3) is 8.66. The summed E-state index contributed by atoms with van der Waals surface area (Å²) < 4.78 is 0. The summed E-state index contributed by atoms with van der Waals surface area (Å²) >= 11 is 5.56. The summed E-state index contributed by atoms with van der Waals surface area (Å²) in [6, 6.07) is 8.75. The van der Waals surface area contributed by atoms with Crippen LogP contribution >= 0.6 is 11.6 Å². The van der Waals surface area contributed by atoms with Crippen LogP contribution < -0.4 is 0 Å². The zero-order valence-electron chi connectivity index (χ0n) is 8.50. The summed E-state index contributed by atoms with van der Waals surface area (Å²) in [6.45, 7) is 0. The molecule has 0 saturated heterocycles. The molecule has 0 radical (unpaired) electrons. The highest BCUT2D eigenvalue weighted by molar-refractivity contribution is 6.30. The molecule has 0 spiro atoms. The van der Waals surface area contributed by atoms with Crippen molar-refractivity contribution in [3.8, 4) is 6.07 Å². The average molecular weight is 254 g/mol. The van der Waals surface area contributed by atoms with Crippen molar-refractivity contribution in [1.82, 2.24) is 0 Å². The smallest absolute Gasteiger partial charge is 0.328 e. The van der Waals surface area contributed by atoms with Crippen molar-refractivity contribution in [2.75, 3.05) is 0 Å². The van der Waals surface area contributed by atoms with Gasteiger partial charge in [-0.25, -0.2) is 9.59 Å². The number of rotatable bonds is 2. The molecule has 0 fully saturated rings. The molecule has 17 heavy (non-hydrogen) atoms. The zero-order chi connectivity index (χ0) is 13.3. The first-order chi connectivity index (χ1) is 7.95. The number of nitrogens with zero attached hydrogens (tertiary/aromatic N) is 1. The van der Waals surface area contributed by atoms with E-state index in [2.05, 4.69) is 0 Å². The van der Waals surface area contributed by atoms with Crippen LogP contribution in [-0.2, 0) is 9.59 Å². The van der Waals surface area contributed by atoms with Crippen molar-refractivity contribution >= 4 is 23.5 Å². The van der Waals surface area contributed by atoms with Crippen LogP contribution in [0.2, 0.25) is 5.02 Å². The first-order valence-electron chi connectivity index (χ1n) is 4.25. The summed E-state index contributed by atoms with van der Waals surface area (Å²) in [6.07, 6.45) is 1.12. The van der Waals surface area contributed by atoms with E-state index < -0.39 is 11.9 Å². The summed E-state index contributed by atoms with van der Waals surface area (Å²) in [5.74, 6) is -2.51. The van der Waals surface area contributed by atoms with Gasteiger partial charge >= 0.3 is 11.9 Å². The molecule has 0 amide bonds. The first-order valence-corrected chi connectivity index (χ1v) is 4.63. The number of benzene rings is 1. The first kappa shape index (κ1) is 14.7. The van der Waals surface area contributed by atoms with E-state index in [0.29, 0.717) is 22.7 Å². The van der Waals surface area contributed by atoms with E-state index in [1.807, 2.05) is 6.07 Å². The Hall–Kier alpha value is -2.32. The van der Waals surface area contributed by atoms with Gasteiger partial charge in [0.05, 0.1) is 11.6 Å². The van der Waals surface area contributed by atoms with Gasteiger partial charge in [-0.3, -0.25) is 0 Å².